The fourth-order valence-electron chi connectivity index (χ4n) is 2.22. The molecule has 124 valence electrons. The van der Waals surface area contributed by atoms with E-state index in [9.17, 15) is 9.59 Å². The number of likely N-dealkylation sites (N-methyl/N-ethyl adjacent to an activating group) is 2. The van der Waals surface area contributed by atoms with Crippen molar-refractivity contribution in [3.05, 3.63) is 28.1 Å². The van der Waals surface area contributed by atoms with E-state index >= 15 is 0 Å². The predicted molar refractivity (Wildman–Crippen MR) is 95.1 cm³/mol. The molecule has 2 rings (SSSR count). The van der Waals surface area contributed by atoms with Crippen molar-refractivity contribution in [2.24, 2.45) is 0 Å². The van der Waals surface area contributed by atoms with Crippen LogP contribution in [0.5, 0.6) is 0 Å². The summed E-state index contributed by atoms with van der Waals surface area (Å²) >= 11 is 2.98. The van der Waals surface area contributed by atoms with Crippen LogP contribution in [0, 0.1) is 6.92 Å². The van der Waals surface area contributed by atoms with Gasteiger partial charge in [0.15, 0.2) is 0 Å². The molecule has 0 aromatic carbocycles. The lowest BCUT2D eigenvalue weighted by atomic mass is 10.3. The molecule has 0 N–H and O–H groups in total. The Balaban J connectivity index is 2.12. The SMILES string of the molecule is CCN(CC)C(=O)CN(C)C(=O)c1sc(-c2cccs2)nc1C. The van der Waals surface area contributed by atoms with Gasteiger partial charge in [0.1, 0.15) is 9.88 Å². The molecule has 0 spiro atoms. The van der Waals surface area contributed by atoms with Gasteiger partial charge in [-0.2, -0.15) is 0 Å². The lowest BCUT2D eigenvalue weighted by molar-refractivity contribution is -0.131. The highest BCUT2D eigenvalue weighted by Crippen LogP contribution is 2.31. The van der Waals surface area contributed by atoms with Crippen LogP contribution in [0.4, 0.5) is 0 Å². The van der Waals surface area contributed by atoms with Crippen molar-refractivity contribution < 1.29 is 9.59 Å². The van der Waals surface area contributed by atoms with E-state index in [2.05, 4.69) is 4.98 Å². The van der Waals surface area contributed by atoms with Gasteiger partial charge in [-0.25, -0.2) is 4.98 Å². The van der Waals surface area contributed by atoms with Crippen molar-refractivity contribution in [2.45, 2.75) is 20.8 Å². The first-order chi connectivity index (χ1) is 11.0. The number of thiophene rings is 1. The summed E-state index contributed by atoms with van der Waals surface area (Å²) in [5, 5.41) is 2.84. The Bertz CT molecular complexity index is 676. The maximum absolute atomic E-state index is 12.6. The van der Waals surface area contributed by atoms with E-state index in [4.69, 9.17) is 0 Å². The molecule has 0 aliphatic rings. The summed E-state index contributed by atoms with van der Waals surface area (Å²) in [6, 6.07) is 3.96. The molecule has 0 bridgehead atoms. The van der Waals surface area contributed by atoms with Crippen molar-refractivity contribution in [3.8, 4) is 9.88 Å². The van der Waals surface area contributed by atoms with Crippen molar-refractivity contribution in [2.75, 3.05) is 26.7 Å². The molecule has 7 heteroatoms. The Labute approximate surface area is 144 Å². The van der Waals surface area contributed by atoms with Crippen LogP contribution in [-0.4, -0.2) is 53.3 Å². The van der Waals surface area contributed by atoms with Gasteiger partial charge in [-0.05, 0) is 32.2 Å². The molecular formula is C16H21N3O2S2. The zero-order valence-corrected chi connectivity index (χ0v) is 15.5. The molecule has 0 saturated heterocycles. The number of carbonyl (C=O) groups excluding carboxylic acids is 2. The molecule has 2 heterocycles. The summed E-state index contributed by atoms with van der Waals surface area (Å²) in [5.74, 6) is -0.185. The van der Waals surface area contributed by atoms with E-state index < -0.39 is 0 Å². The first-order valence-corrected chi connectivity index (χ1v) is 9.22. The van der Waals surface area contributed by atoms with Gasteiger partial charge in [-0.1, -0.05) is 6.07 Å². The second-order valence-corrected chi connectivity index (χ2v) is 7.08. The molecule has 0 saturated carbocycles. The third-order valence-electron chi connectivity index (χ3n) is 3.56. The van der Waals surface area contributed by atoms with E-state index in [0.717, 1.165) is 9.88 Å². The van der Waals surface area contributed by atoms with Crippen LogP contribution in [0.15, 0.2) is 17.5 Å². The Morgan fingerprint density at radius 1 is 1.26 bits per heavy atom. The first-order valence-electron chi connectivity index (χ1n) is 7.52. The van der Waals surface area contributed by atoms with Crippen LogP contribution < -0.4 is 0 Å². The molecular weight excluding hydrogens is 330 g/mol. The molecule has 2 amide bonds. The predicted octanol–water partition coefficient (Wildman–Crippen LogP) is 3.12. The Hall–Kier alpha value is -1.73. The summed E-state index contributed by atoms with van der Waals surface area (Å²) in [5.41, 5.74) is 0.713. The maximum Gasteiger partial charge on any atom is 0.266 e. The number of carbonyl (C=O) groups is 2. The molecule has 0 unspecified atom stereocenters. The van der Waals surface area contributed by atoms with Crippen LogP contribution in [0.25, 0.3) is 9.88 Å². The molecule has 0 radical (unpaired) electrons. The topological polar surface area (TPSA) is 53.5 Å². The quantitative estimate of drug-likeness (QED) is 0.803. The minimum Gasteiger partial charge on any atom is -0.342 e. The summed E-state index contributed by atoms with van der Waals surface area (Å²) in [6.45, 7) is 7.10. The van der Waals surface area contributed by atoms with Gasteiger partial charge >= 0.3 is 0 Å². The van der Waals surface area contributed by atoms with Gasteiger partial charge in [0.25, 0.3) is 5.91 Å². The fourth-order valence-corrected chi connectivity index (χ4v) is 4.08. The highest BCUT2D eigenvalue weighted by atomic mass is 32.1. The van der Waals surface area contributed by atoms with Gasteiger partial charge in [-0.15, -0.1) is 22.7 Å². The number of aromatic nitrogens is 1. The largest absolute Gasteiger partial charge is 0.342 e. The number of hydrogen-bond acceptors (Lipinski definition) is 5. The summed E-state index contributed by atoms with van der Waals surface area (Å²) in [6.07, 6.45) is 0. The normalized spacial score (nSPS) is 10.6. The molecule has 0 fully saturated rings. The lowest BCUT2D eigenvalue weighted by Gasteiger charge is -2.22. The molecule has 2 aromatic heterocycles. The molecule has 0 aliphatic heterocycles. The average Bonchev–Trinajstić information content (AvgIpc) is 3.16. The van der Waals surface area contributed by atoms with Crippen LogP contribution in [0.2, 0.25) is 0 Å². The molecule has 5 nitrogen and oxygen atoms in total. The zero-order valence-electron chi connectivity index (χ0n) is 13.8. The summed E-state index contributed by atoms with van der Waals surface area (Å²) in [7, 11) is 1.66. The monoisotopic (exact) mass is 351 g/mol. The third-order valence-corrected chi connectivity index (χ3v) is 5.74. The number of aryl methyl sites for hydroxylation is 1. The number of rotatable bonds is 6. The smallest absolute Gasteiger partial charge is 0.266 e. The average molecular weight is 351 g/mol. The molecule has 0 atom stereocenters. The minimum atomic E-state index is -0.150. The minimum absolute atomic E-state index is 0.0356. The molecule has 0 aliphatic carbocycles. The van der Waals surface area contributed by atoms with Gasteiger partial charge in [0, 0.05) is 20.1 Å². The Morgan fingerprint density at radius 3 is 2.52 bits per heavy atom. The fraction of sp³-hybridized carbons (Fsp3) is 0.438. The highest BCUT2D eigenvalue weighted by Gasteiger charge is 2.22. The third kappa shape index (κ3) is 3.97. The number of nitrogens with zero attached hydrogens (tertiary/aromatic N) is 3. The van der Waals surface area contributed by atoms with Crippen molar-refractivity contribution in [3.63, 3.8) is 0 Å². The molecule has 2 aromatic rings. The zero-order chi connectivity index (χ0) is 17.0. The molecule has 23 heavy (non-hydrogen) atoms. The second-order valence-electron chi connectivity index (χ2n) is 5.14. The Morgan fingerprint density at radius 2 is 1.96 bits per heavy atom. The van der Waals surface area contributed by atoms with Crippen molar-refractivity contribution in [1.29, 1.82) is 0 Å². The van der Waals surface area contributed by atoms with Crippen LogP contribution in [-0.2, 0) is 4.79 Å². The van der Waals surface area contributed by atoms with Crippen molar-refractivity contribution in [1.82, 2.24) is 14.8 Å². The van der Waals surface area contributed by atoms with Gasteiger partial charge in [0.05, 0.1) is 17.1 Å². The van der Waals surface area contributed by atoms with Crippen LogP contribution in [0.3, 0.4) is 0 Å². The van der Waals surface area contributed by atoms with Gasteiger partial charge in [-0.3, -0.25) is 9.59 Å². The van der Waals surface area contributed by atoms with E-state index in [1.165, 1.54) is 16.2 Å². The van der Waals surface area contributed by atoms with E-state index in [1.54, 1.807) is 23.3 Å². The van der Waals surface area contributed by atoms with E-state index in [0.29, 0.717) is 23.7 Å². The van der Waals surface area contributed by atoms with E-state index in [1.807, 2.05) is 38.3 Å². The number of hydrogen-bond donors (Lipinski definition) is 0. The summed E-state index contributed by atoms with van der Waals surface area (Å²) < 4.78 is 0. The highest BCUT2D eigenvalue weighted by molar-refractivity contribution is 7.22. The van der Waals surface area contributed by atoms with Gasteiger partial charge < -0.3 is 9.80 Å². The summed E-state index contributed by atoms with van der Waals surface area (Å²) in [4.78, 5) is 34.1. The number of amides is 2. The number of thiazole rings is 1. The van der Waals surface area contributed by atoms with Crippen molar-refractivity contribution >= 4 is 34.5 Å². The van der Waals surface area contributed by atoms with Crippen LogP contribution >= 0.6 is 22.7 Å². The maximum atomic E-state index is 12.6. The standard InChI is InChI=1S/C16H21N3O2S2/c1-5-19(6-2)13(20)10-18(4)16(21)14-11(3)17-15(23-14)12-8-7-9-22-12/h7-9H,5-6,10H2,1-4H3. The Kier molecular flexibility index (Phi) is 5.90. The van der Waals surface area contributed by atoms with E-state index in [-0.39, 0.29) is 18.4 Å². The van der Waals surface area contributed by atoms with Crippen LogP contribution in [0.1, 0.15) is 29.2 Å². The second kappa shape index (κ2) is 7.70. The lowest BCUT2D eigenvalue weighted by Crippen LogP contribution is -2.41. The first kappa shape index (κ1) is 17.6. The van der Waals surface area contributed by atoms with Gasteiger partial charge in [0.2, 0.25) is 5.91 Å².